The number of carbonyl (C=O) groups is 1. The number of amides is 1. The molecule has 0 atom stereocenters. The van der Waals surface area contributed by atoms with Crippen LogP contribution in [-0.2, 0) is 6.54 Å². The number of anilines is 1. The van der Waals surface area contributed by atoms with Gasteiger partial charge >= 0.3 is 0 Å². The van der Waals surface area contributed by atoms with E-state index in [1.807, 2.05) is 43.3 Å². The Balaban J connectivity index is 1.63. The van der Waals surface area contributed by atoms with Gasteiger partial charge in [0.1, 0.15) is 11.5 Å². The monoisotopic (exact) mass is 333 g/mol. The fraction of sp³-hybridized carbons (Fsp3) is 0.100. The normalized spacial score (nSPS) is 10.3. The zero-order chi connectivity index (χ0) is 17.6. The summed E-state index contributed by atoms with van der Waals surface area (Å²) in [6.07, 6.45) is 3.40. The first-order valence-corrected chi connectivity index (χ1v) is 7.93. The highest BCUT2D eigenvalue weighted by Gasteiger charge is 2.04. The molecule has 0 spiro atoms. The molecule has 0 radical (unpaired) electrons. The van der Waals surface area contributed by atoms with E-state index in [4.69, 9.17) is 10.5 Å². The summed E-state index contributed by atoms with van der Waals surface area (Å²) in [5, 5.41) is 3.32. The minimum absolute atomic E-state index is 0.425. The number of aromatic nitrogens is 1. The molecule has 5 heteroatoms. The molecule has 3 N–H and O–H groups in total. The second-order valence-electron chi connectivity index (χ2n) is 5.69. The van der Waals surface area contributed by atoms with E-state index in [9.17, 15) is 4.79 Å². The maximum absolute atomic E-state index is 11.1. The molecule has 0 aliphatic carbocycles. The zero-order valence-electron chi connectivity index (χ0n) is 13.9. The maximum atomic E-state index is 11.1. The van der Waals surface area contributed by atoms with Crippen molar-refractivity contribution in [1.29, 1.82) is 0 Å². The quantitative estimate of drug-likeness (QED) is 0.717. The van der Waals surface area contributed by atoms with E-state index in [2.05, 4.69) is 16.4 Å². The third-order valence-corrected chi connectivity index (χ3v) is 3.77. The van der Waals surface area contributed by atoms with Crippen molar-refractivity contribution in [3.8, 4) is 11.5 Å². The Hall–Kier alpha value is -3.34. The number of ether oxygens (including phenoxy) is 1. The summed E-state index contributed by atoms with van der Waals surface area (Å²) in [6, 6.07) is 16.9. The van der Waals surface area contributed by atoms with E-state index in [1.54, 1.807) is 24.5 Å². The van der Waals surface area contributed by atoms with Crippen molar-refractivity contribution >= 4 is 11.6 Å². The number of nitrogens with zero attached hydrogens (tertiary/aromatic N) is 1. The zero-order valence-corrected chi connectivity index (χ0v) is 13.9. The van der Waals surface area contributed by atoms with Gasteiger partial charge in [-0.25, -0.2) is 0 Å². The van der Waals surface area contributed by atoms with Crippen LogP contribution in [0.2, 0.25) is 0 Å². The Labute approximate surface area is 146 Å². The Bertz CT molecular complexity index is 862. The van der Waals surface area contributed by atoms with Crippen LogP contribution in [0.25, 0.3) is 0 Å². The highest BCUT2D eigenvalue weighted by atomic mass is 16.5. The summed E-state index contributed by atoms with van der Waals surface area (Å²) < 4.78 is 5.84. The fourth-order valence-electron chi connectivity index (χ4n) is 2.43. The van der Waals surface area contributed by atoms with Gasteiger partial charge in [0.15, 0.2) is 0 Å². The summed E-state index contributed by atoms with van der Waals surface area (Å²) in [5.41, 5.74) is 8.85. The number of aryl methyl sites for hydroxylation is 1. The van der Waals surface area contributed by atoms with Crippen LogP contribution < -0.4 is 15.8 Å². The van der Waals surface area contributed by atoms with E-state index < -0.39 is 5.91 Å². The van der Waals surface area contributed by atoms with Gasteiger partial charge in [-0.05, 0) is 60.5 Å². The second kappa shape index (κ2) is 7.49. The standard InChI is InChI=1S/C20H19N3O2/c1-14-11-15(4-9-19(14)25-18-3-2-10-22-13-18)12-23-17-7-5-16(6-8-17)20(21)24/h2-11,13,23H,12H2,1H3,(H2,21,24). The molecule has 126 valence electrons. The van der Waals surface area contributed by atoms with Gasteiger partial charge in [0.2, 0.25) is 5.91 Å². The number of pyridine rings is 1. The molecule has 25 heavy (non-hydrogen) atoms. The van der Waals surface area contributed by atoms with Crippen molar-refractivity contribution in [2.75, 3.05) is 5.32 Å². The molecule has 0 aliphatic heterocycles. The van der Waals surface area contributed by atoms with Crippen LogP contribution in [0.1, 0.15) is 21.5 Å². The van der Waals surface area contributed by atoms with Gasteiger partial charge in [-0.1, -0.05) is 12.1 Å². The molecule has 0 unspecified atom stereocenters. The lowest BCUT2D eigenvalue weighted by Crippen LogP contribution is -2.10. The molecular weight excluding hydrogens is 314 g/mol. The maximum Gasteiger partial charge on any atom is 0.248 e. The van der Waals surface area contributed by atoms with Gasteiger partial charge in [0, 0.05) is 24.0 Å². The number of hydrogen-bond acceptors (Lipinski definition) is 4. The van der Waals surface area contributed by atoms with Crippen LogP contribution in [-0.4, -0.2) is 10.9 Å². The van der Waals surface area contributed by atoms with Gasteiger partial charge in [-0.3, -0.25) is 9.78 Å². The lowest BCUT2D eigenvalue weighted by molar-refractivity contribution is 0.100. The van der Waals surface area contributed by atoms with E-state index in [0.717, 1.165) is 22.6 Å². The van der Waals surface area contributed by atoms with Crippen LogP contribution in [0.5, 0.6) is 11.5 Å². The molecule has 0 fully saturated rings. The number of hydrogen-bond donors (Lipinski definition) is 2. The van der Waals surface area contributed by atoms with Crippen molar-refractivity contribution in [2.24, 2.45) is 5.73 Å². The predicted molar refractivity (Wildman–Crippen MR) is 97.8 cm³/mol. The summed E-state index contributed by atoms with van der Waals surface area (Å²) in [5.74, 6) is 1.10. The van der Waals surface area contributed by atoms with E-state index in [0.29, 0.717) is 17.9 Å². The first-order chi connectivity index (χ1) is 12.1. The fourth-order valence-corrected chi connectivity index (χ4v) is 2.43. The Morgan fingerprint density at radius 1 is 1.16 bits per heavy atom. The number of carbonyl (C=O) groups excluding carboxylic acids is 1. The topological polar surface area (TPSA) is 77.2 Å². The molecule has 1 aromatic heterocycles. The van der Waals surface area contributed by atoms with Crippen molar-refractivity contribution in [3.63, 3.8) is 0 Å². The van der Waals surface area contributed by atoms with Crippen LogP contribution in [0.4, 0.5) is 5.69 Å². The number of nitrogens with one attached hydrogen (secondary N) is 1. The molecule has 3 rings (SSSR count). The van der Waals surface area contributed by atoms with E-state index in [-0.39, 0.29) is 0 Å². The van der Waals surface area contributed by atoms with E-state index >= 15 is 0 Å². The van der Waals surface area contributed by atoms with Crippen LogP contribution in [0, 0.1) is 6.92 Å². The molecule has 1 amide bonds. The van der Waals surface area contributed by atoms with Crippen molar-refractivity contribution in [3.05, 3.63) is 83.7 Å². The number of nitrogens with two attached hydrogens (primary N) is 1. The molecular formula is C20H19N3O2. The Morgan fingerprint density at radius 2 is 1.96 bits per heavy atom. The minimum Gasteiger partial charge on any atom is -0.455 e. The van der Waals surface area contributed by atoms with Gasteiger partial charge in [-0.2, -0.15) is 0 Å². The first kappa shape index (κ1) is 16.5. The number of rotatable bonds is 6. The van der Waals surface area contributed by atoms with Crippen LogP contribution >= 0.6 is 0 Å². The third kappa shape index (κ3) is 4.35. The lowest BCUT2D eigenvalue weighted by Gasteiger charge is -2.11. The predicted octanol–water partition coefficient (Wildman–Crippen LogP) is 3.89. The molecule has 0 aliphatic rings. The van der Waals surface area contributed by atoms with Gasteiger partial charge in [-0.15, -0.1) is 0 Å². The van der Waals surface area contributed by atoms with Crippen molar-refractivity contribution < 1.29 is 9.53 Å². The Kier molecular flexibility index (Phi) is 4.95. The molecule has 0 saturated carbocycles. The lowest BCUT2D eigenvalue weighted by atomic mass is 10.1. The van der Waals surface area contributed by atoms with Gasteiger partial charge in [0.05, 0.1) is 6.20 Å². The van der Waals surface area contributed by atoms with Crippen molar-refractivity contribution in [2.45, 2.75) is 13.5 Å². The summed E-state index contributed by atoms with van der Waals surface area (Å²) >= 11 is 0. The summed E-state index contributed by atoms with van der Waals surface area (Å²) in [7, 11) is 0. The summed E-state index contributed by atoms with van der Waals surface area (Å²) in [6.45, 7) is 2.68. The van der Waals surface area contributed by atoms with Crippen LogP contribution in [0.3, 0.4) is 0 Å². The van der Waals surface area contributed by atoms with Crippen molar-refractivity contribution in [1.82, 2.24) is 4.98 Å². The molecule has 3 aromatic rings. The van der Waals surface area contributed by atoms with Crippen LogP contribution in [0.15, 0.2) is 67.0 Å². The molecule has 1 heterocycles. The number of benzene rings is 2. The first-order valence-electron chi connectivity index (χ1n) is 7.93. The second-order valence-corrected chi connectivity index (χ2v) is 5.69. The summed E-state index contributed by atoms with van der Waals surface area (Å²) in [4.78, 5) is 15.1. The number of primary amides is 1. The third-order valence-electron chi connectivity index (χ3n) is 3.77. The molecule has 0 saturated heterocycles. The van der Waals surface area contributed by atoms with Gasteiger partial charge < -0.3 is 15.8 Å². The molecule has 5 nitrogen and oxygen atoms in total. The highest BCUT2D eigenvalue weighted by molar-refractivity contribution is 5.93. The molecule has 0 bridgehead atoms. The minimum atomic E-state index is -0.425. The smallest absolute Gasteiger partial charge is 0.248 e. The van der Waals surface area contributed by atoms with Gasteiger partial charge in [0.25, 0.3) is 0 Å². The highest BCUT2D eigenvalue weighted by Crippen LogP contribution is 2.25. The average Bonchev–Trinajstić information content (AvgIpc) is 2.63. The Morgan fingerprint density at radius 3 is 2.60 bits per heavy atom. The SMILES string of the molecule is Cc1cc(CNc2ccc(C(N)=O)cc2)ccc1Oc1cccnc1. The largest absolute Gasteiger partial charge is 0.455 e. The van der Waals surface area contributed by atoms with E-state index in [1.165, 1.54) is 0 Å². The average molecular weight is 333 g/mol. The molecule has 2 aromatic carbocycles.